The monoisotopic (exact) mass is 714 g/mol. The Morgan fingerprint density at radius 3 is 2.43 bits per heavy atom. The van der Waals surface area contributed by atoms with Crippen molar-refractivity contribution >= 4 is 23.5 Å². The first-order valence-electron chi connectivity index (χ1n) is 18.3. The highest BCUT2D eigenvalue weighted by molar-refractivity contribution is 6.01. The number of amides is 1. The van der Waals surface area contributed by atoms with E-state index in [1.54, 1.807) is 59.6 Å². The number of esters is 2. The topological polar surface area (TPSA) is 162 Å². The third-order valence-corrected chi connectivity index (χ3v) is 14.3. The Morgan fingerprint density at radius 1 is 1.04 bits per heavy atom. The molecule has 6 fully saturated rings. The van der Waals surface area contributed by atoms with Crippen LogP contribution in [0.15, 0.2) is 24.3 Å². The second kappa shape index (κ2) is 13.0. The van der Waals surface area contributed by atoms with Gasteiger partial charge in [-0.15, -0.1) is 0 Å². The lowest BCUT2D eigenvalue weighted by Crippen LogP contribution is -2.82. The molecule has 1 amide bonds. The zero-order valence-electron chi connectivity index (χ0n) is 30.8. The number of fused-ring (bicyclic) bond motifs is 2. The molecule has 0 radical (unpaired) electrons. The molecule has 3 N–H and O–H groups in total. The minimum atomic E-state index is -1.70. The van der Waals surface area contributed by atoms with E-state index >= 15 is 0 Å². The number of aliphatic hydroxyl groups is 2. The van der Waals surface area contributed by atoms with Gasteiger partial charge in [-0.1, -0.05) is 26.0 Å². The van der Waals surface area contributed by atoms with Crippen LogP contribution in [0, 0.1) is 40.4 Å². The summed E-state index contributed by atoms with van der Waals surface area (Å²) in [6, 6.07) is 6.18. The van der Waals surface area contributed by atoms with E-state index in [-0.39, 0.29) is 72.7 Å². The lowest BCUT2D eigenvalue weighted by molar-refractivity contribution is -0.320. The summed E-state index contributed by atoms with van der Waals surface area (Å²) in [4.78, 5) is 41.1. The number of likely N-dealkylation sites (tertiary alicyclic amines) is 1. The molecule has 7 bridgehead atoms. The van der Waals surface area contributed by atoms with Gasteiger partial charge in [-0.05, 0) is 43.9 Å². The Balaban J connectivity index is 1.26. The maximum Gasteiger partial charge on any atom is 0.340 e. The number of hydrogen-bond acceptors (Lipinski definition) is 12. The van der Waals surface area contributed by atoms with Gasteiger partial charge in [0.2, 0.25) is 5.91 Å². The number of nitrogens with one attached hydrogen (secondary N) is 1. The molecule has 1 saturated heterocycles. The van der Waals surface area contributed by atoms with Crippen LogP contribution in [0.25, 0.3) is 0 Å². The summed E-state index contributed by atoms with van der Waals surface area (Å²) in [5.41, 5.74) is -4.08. The van der Waals surface area contributed by atoms with Crippen molar-refractivity contribution in [3.63, 3.8) is 0 Å². The number of para-hydroxylation sites is 1. The minimum absolute atomic E-state index is 0.0402. The van der Waals surface area contributed by atoms with E-state index in [4.69, 9.17) is 28.4 Å². The highest BCUT2D eigenvalue weighted by atomic mass is 16.5. The van der Waals surface area contributed by atoms with E-state index in [1.807, 2.05) is 0 Å². The lowest BCUT2D eigenvalue weighted by Gasteiger charge is -2.70. The SMILES string of the molecule is CCN1CC2(COC(=O)c3ccccc3NC(=O)CC(C)C(=O)OC)CCC(OC)C34C5CC6C(OC)CC(O)(C5C6OC)C(O)(C(OC)C23)C14. The second-order valence-corrected chi connectivity index (χ2v) is 16.0. The van der Waals surface area contributed by atoms with Crippen LogP contribution >= 0.6 is 0 Å². The molecule has 6 aliphatic rings. The van der Waals surface area contributed by atoms with Crippen LogP contribution in [0.4, 0.5) is 5.69 Å². The molecule has 0 aromatic heterocycles. The molecule has 14 unspecified atom stereocenters. The predicted molar refractivity (Wildman–Crippen MR) is 183 cm³/mol. The zero-order chi connectivity index (χ0) is 36.7. The van der Waals surface area contributed by atoms with E-state index in [0.29, 0.717) is 25.9 Å². The van der Waals surface area contributed by atoms with Crippen LogP contribution < -0.4 is 5.32 Å². The second-order valence-electron chi connectivity index (χ2n) is 16.0. The Labute approximate surface area is 299 Å². The van der Waals surface area contributed by atoms with E-state index < -0.39 is 57.9 Å². The molecule has 7 rings (SSSR count). The van der Waals surface area contributed by atoms with Crippen molar-refractivity contribution in [2.45, 2.75) is 87.6 Å². The summed E-state index contributed by atoms with van der Waals surface area (Å²) < 4.78 is 36.1. The highest BCUT2D eigenvalue weighted by Crippen LogP contribution is 2.80. The molecule has 1 aromatic rings. The molecule has 13 nitrogen and oxygen atoms in total. The number of rotatable bonds is 12. The number of nitrogens with zero attached hydrogens (tertiary/aromatic N) is 1. The molecular formula is C38H54N2O11. The first-order valence-corrected chi connectivity index (χ1v) is 18.3. The number of carbonyl (C=O) groups is 3. The van der Waals surface area contributed by atoms with Crippen LogP contribution in [0.5, 0.6) is 0 Å². The van der Waals surface area contributed by atoms with Crippen molar-refractivity contribution in [3.8, 4) is 0 Å². The molecule has 1 spiro atoms. The van der Waals surface area contributed by atoms with Crippen molar-refractivity contribution in [2.75, 3.05) is 60.6 Å². The minimum Gasteiger partial charge on any atom is -0.469 e. The summed E-state index contributed by atoms with van der Waals surface area (Å²) in [6.45, 7) is 4.85. The molecule has 1 aliphatic heterocycles. The summed E-state index contributed by atoms with van der Waals surface area (Å²) >= 11 is 0. The van der Waals surface area contributed by atoms with Crippen molar-refractivity contribution in [2.24, 2.45) is 40.4 Å². The number of hydrogen-bond donors (Lipinski definition) is 3. The van der Waals surface area contributed by atoms with Gasteiger partial charge in [0.05, 0.1) is 61.3 Å². The fraction of sp³-hybridized carbons (Fsp3) is 0.763. The number of carbonyl (C=O) groups excluding carboxylic acids is 3. The van der Waals surface area contributed by atoms with Crippen LogP contribution in [0.2, 0.25) is 0 Å². The lowest BCUT2D eigenvalue weighted by atomic mass is 9.42. The smallest absolute Gasteiger partial charge is 0.340 e. The number of likely N-dealkylation sites (N-methyl/N-ethyl adjacent to an activating group) is 1. The Morgan fingerprint density at radius 2 is 1.78 bits per heavy atom. The summed E-state index contributed by atoms with van der Waals surface area (Å²) in [6.07, 6.45) is 0.602. The van der Waals surface area contributed by atoms with E-state index in [2.05, 4.69) is 17.1 Å². The Hall–Kier alpha value is -2.65. The average molecular weight is 715 g/mol. The van der Waals surface area contributed by atoms with Crippen molar-refractivity contribution in [1.82, 2.24) is 4.90 Å². The molecule has 5 aliphatic carbocycles. The van der Waals surface area contributed by atoms with Gasteiger partial charge in [-0.3, -0.25) is 14.5 Å². The van der Waals surface area contributed by atoms with Gasteiger partial charge < -0.3 is 44.0 Å². The maximum atomic E-state index is 14.0. The number of piperidine rings is 1. The van der Waals surface area contributed by atoms with E-state index in [9.17, 15) is 24.6 Å². The van der Waals surface area contributed by atoms with Crippen LogP contribution in [-0.2, 0) is 38.0 Å². The van der Waals surface area contributed by atoms with Gasteiger partial charge in [-0.25, -0.2) is 4.79 Å². The van der Waals surface area contributed by atoms with Gasteiger partial charge >= 0.3 is 11.9 Å². The van der Waals surface area contributed by atoms with Crippen molar-refractivity contribution < 1.29 is 53.0 Å². The molecule has 1 heterocycles. The third-order valence-electron chi connectivity index (χ3n) is 14.3. The number of ether oxygens (including phenoxy) is 6. The van der Waals surface area contributed by atoms with Crippen LogP contribution in [0.1, 0.15) is 56.3 Å². The maximum absolute atomic E-state index is 14.0. The third kappa shape index (κ3) is 4.74. The van der Waals surface area contributed by atoms with E-state index in [1.165, 1.54) is 7.11 Å². The molecule has 1 aromatic carbocycles. The fourth-order valence-electron chi connectivity index (χ4n) is 12.8. The zero-order valence-corrected chi connectivity index (χ0v) is 30.8. The normalized spacial score (nSPS) is 43.7. The summed E-state index contributed by atoms with van der Waals surface area (Å²) in [5.74, 6) is -2.89. The molecule has 51 heavy (non-hydrogen) atoms. The first-order chi connectivity index (χ1) is 24.4. The van der Waals surface area contributed by atoms with Crippen molar-refractivity contribution in [3.05, 3.63) is 29.8 Å². The van der Waals surface area contributed by atoms with Crippen LogP contribution in [-0.4, -0.2) is 130 Å². The quantitative estimate of drug-likeness (QED) is 0.272. The molecule has 282 valence electrons. The van der Waals surface area contributed by atoms with Gasteiger partial charge in [-0.2, -0.15) is 0 Å². The van der Waals surface area contributed by atoms with Gasteiger partial charge in [0.25, 0.3) is 0 Å². The van der Waals surface area contributed by atoms with E-state index in [0.717, 1.165) is 6.42 Å². The number of methoxy groups -OCH3 is 5. The Bertz CT molecular complexity index is 1540. The molecule has 14 atom stereocenters. The molecular weight excluding hydrogens is 660 g/mol. The van der Waals surface area contributed by atoms with Gasteiger partial charge in [0.1, 0.15) is 11.2 Å². The highest BCUT2D eigenvalue weighted by Gasteiger charge is 2.91. The standard InChI is InChI=1S/C38H54N2O11/c1-8-40-18-35(19-51-33(43)21-11-9-10-12-24(21)39-27(41)15-20(2)32(42)50-7)14-13-26(47-4)37-23-16-22-25(46-3)17-36(44,28(23)29(22)48-5)38(45,34(37)40)31(49-6)30(35)37/h9-12,20,22-23,25-26,28-31,34,44-45H,8,13-19H2,1-7H3,(H,39,41). The van der Waals surface area contributed by atoms with Gasteiger partial charge in [0, 0.05) is 76.4 Å². The Kier molecular flexibility index (Phi) is 9.38. The molecule has 5 saturated carbocycles. The number of benzene rings is 1. The first kappa shape index (κ1) is 36.7. The molecule has 13 heteroatoms. The largest absolute Gasteiger partial charge is 0.469 e. The van der Waals surface area contributed by atoms with Gasteiger partial charge in [0.15, 0.2) is 0 Å². The van der Waals surface area contributed by atoms with Crippen LogP contribution in [0.3, 0.4) is 0 Å². The predicted octanol–water partition coefficient (Wildman–Crippen LogP) is 2.27. The fourth-order valence-corrected chi connectivity index (χ4v) is 12.8. The van der Waals surface area contributed by atoms with Crippen molar-refractivity contribution in [1.29, 1.82) is 0 Å². The number of anilines is 1. The summed E-state index contributed by atoms with van der Waals surface area (Å²) in [7, 11) is 7.97. The summed E-state index contributed by atoms with van der Waals surface area (Å²) in [5, 5.41) is 29.4. The average Bonchev–Trinajstić information content (AvgIpc) is 3.55.